The van der Waals surface area contributed by atoms with Gasteiger partial charge in [-0.25, -0.2) is 0 Å². The van der Waals surface area contributed by atoms with Crippen molar-refractivity contribution < 1.29 is 51.0 Å². The fourth-order valence-electron chi connectivity index (χ4n) is 4.83. The molecule has 0 bridgehead atoms. The number of benzene rings is 2. The summed E-state index contributed by atoms with van der Waals surface area (Å²) in [6.07, 6.45) is 9.95. The second kappa shape index (κ2) is 11.5. The molecular formula is C26H28F4N4O4S2Ti. The van der Waals surface area contributed by atoms with Gasteiger partial charge in [-0.15, -0.1) is 0 Å². The third kappa shape index (κ3) is 5.56. The molecule has 2 aliphatic carbocycles. The van der Waals surface area contributed by atoms with Gasteiger partial charge in [0.2, 0.25) is 0 Å². The van der Waals surface area contributed by atoms with Gasteiger partial charge in [-0.05, 0) is 0 Å². The number of hydrogen-bond acceptors (Lipinski definition) is 4. The van der Waals surface area contributed by atoms with Crippen LogP contribution >= 0.6 is 0 Å². The molecule has 15 heteroatoms. The molecule has 0 unspecified atom stereocenters. The molecule has 0 atom stereocenters. The van der Waals surface area contributed by atoms with Crippen molar-refractivity contribution in [3.63, 3.8) is 0 Å². The van der Waals surface area contributed by atoms with Crippen LogP contribution in [0.5, 0.6) is 0 Å². The van der Waals surface area contributed by atoms with Crippen molar-refractivity contribution in [2.45, 2.75) is 12.8 Å². The van der Waals surface area contributed by atoms with Crippen LogP contribution in [0.4, 0.5) is 28.9 Å². The molecule has 0 fully saturated rings. The number of anilines is 2. The van der Waals surface area contributed by atoms with Crippen LogP contribution in [0.1, 0.15) is 12.8 Å². The van der Waals surface area contributed by atoms with E-state index in [4.69, 9.17) is 0 Å². The minimum atomic E-state index is -5.31. The van der Waals surface area contributed by atoms with Gasteiger partial charge in [0.25, 0.3) is 0 Å². The zero-order valence-corrected chi connectivity index (χ0v) is 25.7. The summed E-state index contributed by atoms with van der Waals surface area (Å²) in [5.74, 6) is -4.86. The van der Waals surface area contributed by atoms with Gasteiger partial charge in [0.15, 0.2) is 0 Å². The van der Waals surface area contributed by atoms with Gasteiger partial charge in [0.1, 0.15) is 0 Å². The first kappa shape index (κ1) is 31.2. The fourth-order valence-corrected chi connectivity index (χ4v) is 14.3. The second-order valence-electron chi connectivity index (χ2n) is 9.75. The summed E-state index contributed by atoms with van der Waals surface area (Å²) in [5.41, 5.74) is -1.21. The van der Waals surface area contributed by atoms with E-state index in [0.717, 1.165) is 32.9 Å². The van der Waals surface area contributed by atoms with Crippen molar-refractivity contribution in [3.8, 4) is 0 Å². The number of nitrogens with one attached hydrogen (secondary N) is 2. The van der Waals surface area contributed by atoms with Crippen LogP contribution in [0.15, 0.2) is 68.5 Å². The first-order valence-electron chi connectivity index (χ1n) is 12.2. The van der Waals surface area contributed by atoms with E-state index in [1.165, 1.54) is 28.2 Å². The molecule has 2 N–H and O–H groups in total. The Morgan fingerprint density at radius 2 is 1.02 bits per heavy atom. The van der Waals surface area contributed by atoms with Crippen molar-refractivity contribution in [3.05, 3.63) is 91.7 Å². The number of allylic oxidation sites excluding steroid dienone is 8. The Morgan fingerprint density at radius 1 is 0.659 bits per heavy atom. The SMILES string of the molecule is CN(C)S(=O)(=O)Nc1ccc(F)[c]([Ti]([C]2=CC=CC2)([C]2=CC=CC2)[c]2c(F)ccc(NS(=O)(=O)N(C)C)c2F)c1F. The molecule has 41 heavy (non-hydrogen) atoms. The number of hydrogen-bond donors (Lipinski definition) is 2. The minimum absolute atomic E-state index is 0.121. The standard InChI is InChI=1S/2C8H9F2N2O2S.2C5H5.Ti/c2*1-12(2)15(13,14)11-8-4-3-6(9)5-7(8)10;2*1-2-4-5-3-1;/h2*3-4,11H,1-2H3;2*1-3H,4H2;. The van der Waals surface area contributed by atoms with Crippen LogP contribution in [-0.4, -0.2) is 53.6 Å². The van der Waals surface area contributed by atoms with Crippen LogP contribution in [0.3, 0.4) is 0 Å². The van der Waals surface area contributed by atoms with Crippen LogP contribution < -0.4 is 17.2 Å². The Kier molecular flexibility index (Phi) is 8.75. The predicted molar refractivity (Wildman–Crippen MR) is 148 cm³/mol. The molecule has 2 aromatic rings. The number of halogens is 4. The van der Waals surface area contributed by atoms with Gasteiger partial charge in [0.05, 0.1) is 0 Å². The summed E-state index contributed by atoms with van der Waals surface area (Å²) < 4.78 is 121. The van der Waals surface area contributed by atoms with E-state index < -0.39 is 79.4 Å². The molecule has 2 aromatic carbocycles. The quantitative estimate of drug-likeness (QED) is 0.305. The van der Waals surface area contributed by atoms with E-state index in [2.05, 4.69) is 9.44 Å². The van der Waals surface area contributed by atoms with E-state index in [1.54, 1.807) is 36.5 Å². The summed E-state index contributed by atoms with van der Waals surface area (Å²) in [6, 6.07) is 3.51. The van der Waals surface area contributed by atoms with E-state index in [-0.39, 0.29) is 12.8 Å². The van der Waals surface area contributed by atoms with Gasteiger partial charge < -0.3 is 0 Å². The number of rotatable bonds is 10. The van der Waals surface area contributed by atoms with Crippen LogP contribution in [0.2, 0.25) is 0 Å². The molecule has 0 amide bonds. The topological polar surface area (TPSA) is 98.8 Å². The summed E-state index contributed by atoms with van der Waals surface area (Å²) in [5, 5.41) is 0. The van der Waals surface area contributed by atoms with Gasteiger partial charge >= 0.3 is 241 Å². The Labute approximate surface area is 240 Å². The van der Waals surface area contributed by atoms with Crippen molar-refractivity contribution in [1.82, 2.24) is 8.61 Å². The third-order valence-electron chi connectivity index (χ3n) is 6.88. The molecule has 0 heterocycles. The van der Waals surface area contributed by atoms with Crippen molar-refractivity contribution in [2.24, 2.45) is 0 Å². The fraction of sp³-hybridized carbons (Fsp3) is 0.231. The van der Waals surface area contributed by atoms with E-state index in [0.29, 0.717) is 7.76 Å². The molecule has 0 aromatic heterocycles. The van der Waals surface area contributed by atoms with Gasteiger partial charge in [-0.1, -0.05) is 0 Å². The van der Waals surface area contributed by atoms with E-state index in [9.17, 15) is 16.8 Å². The summed E-state index contributed by atoms with van der Waals surface area (Å²) >= 11 is -5.31. The van der Waals surface area contributed by atoms with Gasteiger partial charge in [-0.2, -0.15) is 0 Å². The summed E-state index contributed by atoms with van der Waals surface area (Å²) in [7, 11) is -3.65. The molecule has 2 aliphatic rings. The predicted octanol–water partition coefficient (Wildman–Crippen LogP) is 3.47. The monoisotopic (exact) mass is 648 g/mol. The van der Waals surface area contributed by atoms with E-state index >= 15 is 17.6 Å². The zero-order chi connectivity index (χ0) is 30.3. The normalized spacial score (nSPS) is 15.6. The number of nitrogens with zero attached hydrogens (tertiary/aromatic N) is 2. The Bertz CT molecular complexity index is 1610. The van der Waals surface area contributed by atoms with Crippen LogP contribution in [-0.2, 0) is 37.0 Å². The maximum atomic E-state index is 16.6. The second-order valence-corrected chi connectivity index (χ2v) is 19.4. The Balaban J connectivity index is 2.14. The molecule has 0 saturated carbocycles. The molecule has 220 valence electrons. The molecule has 4 rings (SSSR count). The van der Waals surface area contributed by atoms with Crippen LogP contribution in [0.25, 0.3) is 0 Å². The van der Waals surface area contributed by atoms with Gasteiger partial charge in [-0.3, -0.25) is 0 Å². The summed E-state index contributed by atoms with van der Waals surface area (Å²) in [4.78, 5) is 0. The average Bonchev–Trinajstić information content (AvgIpc) is 3.61. The first-order valence-corrected chi connectivity index (χ1v) is 18.2. The Hall–Kier alpha value is -2.75. The van der Waals surface area contributed by atoms with Crippen molar-refractivity contribution in [1.29, 1.82) is 0 Å². The zero-order valence-electron chi connectivity index (χ0n) is 22.5. The third-order valence-corrected chi connectivity index (χ3v) is 17.7. The van der Waals surface area contributed by atoms with Gasteiger partial charge in [0, 0.05) is 0 Å². The van der Waals surface area contributed by atoms with Crippen molar-refractivity contribution in [2.75, 3.05) is 37.6 Å². The van der Waals surface area contributed by atoms with E-state index in [1.807, 2.05) is 0 Å². The summed E-state index contributed by atoms with van der Waals surface area (Å²) in [6.45, 7) is 0. The molecule has 0 radical (unpaired) electrons. The first-order chi connectivity index (χ1) is 19.1. The maximum absolute atomic E-state index is 16.6. The molecule has 0 aliphatic heterocycles. The molecule has 8 nitrogen and oxygen atoms in total. The average molecular weight is 649 g/mol. The molecule has 0 saturated heterocycles. The van der Waals surface area contributed by atoms with Crippen molar-refractivity contribution >= 4 is 39.5 Å². The van der Waals surface area contributed by atoms with Crippen LogP contribution in [0, 0.1) is 23.3 Å². The Morgan fingerprint density at radius 3 is 1.32 bits per heavy atom. The molecular weight excluding hydrogens is 620 g/mol. The molecule has 0 spiro atoms.